The average Bonchev–Trinajstić information content (AvgIpc) is 2.79. The molecule has 1 N–H and O–H groups in total. The molecule has 0 saturated carbocycles. The molecular formula is C28H45N3O2. The predicted molar refractivity (Wildman–Crippen MR) is 135 cm³/mol. The van der Waals surface area contributed by atoms with Crippen LogP contribution in [0.3, 0.4) is 0 Å². The molecule has 1 spiro atoms. The Morgan fingerprint density at radius 2 is 1.73 bits per heavy atom. The minimum absolute atomic E-state index is 0.0817. The van der Waals surface area contributed by atoms with Crippen LogP contribution in [0.15, 0.2) is 30.3 Å². The van der Waals surface area contributed by atoms with E-state index in [0.29, 0.717) is 12.3 Å². The molecule has 3 rings (SSSR count). The van der Waals surface area contributed by atoms with Gasteiger partial charge < -0.3 is 15.1 Å². The smallest absolute Gasteiger partial charge is 0.246 e. The van der Waals surface area contributed by atoms with Gasteiger partial charge >= 0.3 is 0 Å². The van der Waals surface area contributed by atoms with Crippen molar-refractivity contribution in [3.05, 3.63) is 35.9 Å². The highest BCUT2D eigenvalue weighted by molar-refractivity contribution is 6.00. The molecule has 2 aliphatic rings. The summed E-state index contributed by atoms with van der Waals surface area (Å²) in [5.41, 5.74) is 0.755. The maximum Gasteiger partial charge on any atom is 0.246 e. The number of likely N-dealkylation sites (tertiary alicyclic amines) is 1. The van der Waals surface area contributed by atoms with E-state index in [1.165, 1.54) is 24.8 Å². The number of benzene rings is 1. The minimum atomic E-state index is -0.664. The second kappa shape index (κ2) is 12.0. The highest BCUT2D eigenvalue weighted by Gasteiger charge is 2.54. The van der Waals surface area contributed by atoms with E-state index in [0.717, 1.165) is 51.7 Å². The quantitative estimate of drug-likeness (QED) is 0.488. The van der Waals surface area contributed by atoms with Crippen LogP contribution in [-0.2, 0) is 16.0 Å². The highest BCUT2D eigenvalue weighted by Crippen LogP contribution is 2.36. The second-order valence-electron chi connectivity index (χ2n) is 10.7. The Labute approximate surface area is 201 Å². The summed E-state index contributed by atoms with van der Waals surface area (Å²) in [4.78, 5) is 31.5. The van der Waals surface area contributed by atoms with Crippen LogP contribution in [0.1, 0.15) is 84.6 Å². The molecule has 0 radical (unpaired) electrons. The van der Waals surface area contributed by atoms with Crippen molar-refractivity contribution in [2.75, 3.05) is 19.6 Å². The van der Waals surface area contributed by atoms with E-state index in [4.69, 9.17) is 0 Å². The van der Waals surface area contributed by atoms with Gasteiger partial charge in [0.1, 0.15) is 11.6 Å². The van der Waals surface area contributed by atoms with E-state index in [-0.39, 0.29) is 23.9 Å². The fraction of sp³-hybridized carbons (Fsp3) is 0.714. The molecule has 1 unspecified atom stereocenters. The van der Waals surface area contributed by atoms with Crippen LogP contribution in [0.5, 0.6) is 0 Å². The zero-order chi connectivity index (χ0) is 23.8. The first kappa shape index (κ1) is 25.7. The molecule has 0 bridgehead atoms. The maximum atomic E-state index is 13.5. The number of nitrogens with one attached hydrogen (secondary N) is 1. The Bertz CT molecular complexity index is 756. The van der Waals surface area contributed by atoms with E-state index >= 15 is 0 Å². The van der Waals surface area contributed by atoms with E-state index in [2.05, 4.69) is 68.2 Å². The summed E-state index contributed by atoms with van der Waals surface area (Å²) in [5.74, 6) is 0.595. The number of carbonyl (C=O) groups excluding carboxylic acids is 2. The van der Waals surface area contributed by atoms with Crippen LogP contribution in [0.25, 0.3) is 0 Å². The van der Waals surface area contributed by atoms with Gasteiger partial charge in [-0.05, 0) is 69.9 Å². The van der Waals surface area contributed by atoms with Gasteiger partial charge in [-0.15, -0.1) is 0 Å². The number of rotatable bonds is 11. The topological polar surface area (TPSA) is 52.7 Å². The largest absolute Gasteiger partial charge is 0.342 e. The molecule has 5 heteroatoms. The normalized spacial score (nSPS) is 22.1. The molecule has 1 aromatic carbocycles. The number of piperazine rings is 1. The second-order valence-corrected chi connectivity index (χ2v) is 10.7. The zero-order valence-electron chi connectivity index (χ0n) is 21.3. The zero-order valence-corrected chi connectivity index (χ0v) is 21.3. The number of aryl methyl sites for hydroxylation is 1. The number of hydrogen-bond acceptors (Lipinski definition) is 3. The van der Waals surface area contributed by atoms with Crippen LogP contribution in [0, 0.1) is 5.92 Å². The molecule has 2 amide bonds. The molecule has 2 heterocycles. The van der Waals surface area contributed by atoms with E-state index in [1.54, 1.807) is 0 Å². The Morgan fingerprint density at radius 1 is 1.03 bits per heavy atom. The van der Waals surface area contributed by atoms with Crippen molar-refractivity contribution >= 4 is 11.8 Å². The first-order valence-corrected chi connectivity index (χ1v) is 13.3. The standard InChI is InChI=1S/C28H45N3O2/c1-5-12-23(4)31-26(32)25(21-22(2)3)29-27(33)28(31)16-19-30(20-17-28)18-11-7-10-15-24-13-8-6-9-14-24/h6,8-9,13-14,22-23,25H,5,7,10-12,15-21H2,1-4H3,(H,29,33)/t23?,25-/m0/s1. The van der Waals surface area contributed by atoms with Gasteiger partial charge in [0.25, 0.3) is 0 Å². The minimum Gasteiger partial charge on any atom is -0.342 e. The van der Waals surface area contributed by atoms with Gasteiger partial charge in [-0.2, -0.15) is 0 Å². The summed E-state index contributed by atoms with van der Waals surface area (Å²) in [7, 11) is 0. The van der Waals surface area contributed by atoms with Crippen molar-refractivity contribution in [2.24, 2.45) is 5.92 Å². The monoisotopic (exact) mass is 455 g/mol. The van der Waals surface area contributed by atoms with Crippen molar-refractivity contribution in [1.82, 2.24) is 15.1 Å². The summed E-state index contributed by atoms with van der Waals surface area (Å²) in [6.45, 7) is 11.4. The molecule has 5 nitrogen and oxygen atoms in total. The fourth-order valence-electron chi connectivity index (χ4n) is 5.76. The third-order valence-corrected chi connectivity index (χ3v) is 7.54. The maximum absolute atomic E-state index is 13.5. The molecule has 184 valence electrons. The van der Waals surface area contributed by atoms with Crippen LogP contribution in [0.2, 0.25) is 0 Å². The van der Waals surface area contributed by atoms with Crippen LogP contribution < -0.4 is 5.32 Å². The Morgan fingerprint density at radius 3 is 2.36 bits per heavy atom. The fourth-order valence-corrected chi connectivity index (χ4v) is 5.76. The van der Waals surface area contributed by atoms with Gasteiger partial charge in [-0.3, -0.25) is 9.59 Å². The first-order chi connectivity index (χ1) is 15.9. The third-order valence-electron chi connectivity index (χ3n) is 7.54. The first-order valence-electron chi connectivity index (χ1n) is 13.3. The van der Waals surface area contributed by atoms with Crippen molar-refractivity contribution in [1.29, 1.82) is 0 Å². The number of piperidine rings is 1. The van der Waals surface area contributed by atoms with Crippen LogP contribution in [-0.4, -0.2) is 58.9 Å². The molecule has 0 aromatic heterocycles. The van der Waals surface area contributed by atoms with Gasteiger partial charge in [-0.1, -0.05) is 63.9 Å². The molecule has 2 saturated heterocycles. The van der Waals surface area contributed by atoms with Gasteiger partial charge in [0, 0.05) is 19.1 Å². The average molecular weight is 456 g/mol. The van der Waals surface area contributed by atoms with Crippen LogP contribution in [0.4, 0.5) is 0 Å². The van der Waals surface area contributed by atoms with Crippen molar-refractivity contribution in [3.8, 4) is 0 Å². The summed E-state index contributed by atoms with van der Waals surface area (Å²) in [6, 6.07) is 10.4. The number of unbranched alkanes of at least 4 members (excludes halogenated alkanes) is 2. The van der Waals surface area contributed by atoms with E-state index in [9.17, 15) is 9.59 Å². The van der Waals surface area contributed by atoms with E-state index in [1.807, 2.05) is 4.90 Å². The summed E-state index contributed by atoms with van der Waals surface area (Å²) < 4.78 is 0. The van der Waals surface area contributed by atoms with Crippen molar-refractivity contribution < 1.29 is 9.59 Å². The molecule has 33 heavy (non-hydrogen) atoms. The van der Waals surface area contributed by atoms with Gasteiger partial charge in [0.05, 0.1) is 0 Å². The Balaban J connectivity index is 1.55. The van der Waals surface area contributed by atoms with Gasteiger partial charge in [0.2, 0.25) is 11.8 Å². The number of nitrogens with zero attached hydrogens (tertiary/aromatic N) is 2. The van der Waals surface area contributed by atoms with Gasteiger partial charge in [-0.25, -0.2) is 0 Å². The van der Waals surface area contributed by atoms with Gasteiger partial charge in [0.15, 0.2) is 0 Å². The summed E-state index contributed by atoms with van der Waals surface area (Å²) in [5, 5.41) is 3.13. The highest BCUT2D eigenvalue weighted by atomic mass is 16.2. The molecule has 1 aromatic rings. The van der Waals surface area contributed by atoms with Crippen molar-refractivity contribution in [2.45, 2.75) is 103 Å². The molecular weight excluding hydrogens is 410 g/mol. The lowest BCUT2D eigenvalue weighted by molar-refractivity contribution is -0.165. The number of carbonyl (C=O) groups is 2. The lowest BCUT2D eigenvalue weighted by atomic mass is 9.79. The SMILES string of the molecule is CCCC(C)N1C(=O)[C@H](CC(C)C)NC(=O)C12CCN(CCCCCc1ccccc1)CC2. The lowest BCUT2D eigenvalue weighted by Crippen LogP contribution is -2.74. The molecule has 2 fully saturated rings. The molecule has 2 aliphatic heterocycles. The lowest BCUT2D eigenvalue weighted by Gasteiger charge is -2.54. The molecule has 2 atom stereocenters. The summed E-state index contributed by atoms with van der Waals surface area (Å²) in [6.07, 6.45) is 8.96. The van der Waals surface area contributed by atoms with E-state index < -0.39 is 5.54 Å². The number of hydrogen-bond donors (Lipinski definition) is 1. The van der Waals surface area contributed by atoms with Crippen molar-refractivity contribution in [3.63, 3.8) is 0 Å². The Hall–Kier alpha value is -1.88. The Kier molecular flexibility index (Phi) is 9.37. The van der Waals surface area contributed by atoms with Crippen LogP contribution >= 0.6 is 0 Å². The molecule has 0 aliphatic carbocycles. The number of amides is 2. The summed E-state index contributed by atoms with van der Waals surface area (Å²) >= 11 is 0. The predicted octanol–water partition coefficient (Wildman–Crippen LogP) is 4.80. The third kappa shape index (κ3) is 6.38.